The Bertz CT molecular complexity index is 1030. The third kappa shape index (κ3) is 3.57. The molecule has 4 aromatic rings. The first-order valence-electron chi connectivity index (χ1n) is 7.65. The molecule has 3 heterocycles. The topological polar surface area (TPSA) is 73.5 Å². The van der Waals surface area contributed by atoms with Crippen LogP contribution in [0, 0.1) is 0 Å². The fourth-order valence-corrected chi connectivity index (χ4v) is 3.61. The van der Waals surface area contributed by atoms with Crippen LogP contribution < -0.4 is 5.32 Å². The van der Waals surface area contributed by atoms with Crippen LogP contribution in [0.25, 0.3) is 10.7 Å². The van der Waals surface area contributed by atoms with Crippen molar-refractivity contribution in [3.63, 3.8) is 0 Å². The zero-order chi connectivity index (χ0) is 18.1. The van der Waals surface area contributed by atoms with Crippen LogP contribution in [0.3, 0.4) is 0 Å². The lowest BCUT2D eigenvalue weighted by Gasteiger charge is -2.06. The van der Waals surface area contributed by atoms with Gasteiger partial charge in [0.05, 0.1) is 6.54 Å². The molecule has 0 fully saturated rings. The van der Waals surface area contributed by atoms with Gasteiger partial charge >= 0.3 is 0 Å². The van der Waals surface area contributed by atoms with Crippen molar-refractivity contribution in [3.05, 3.63) is 58.3 Å². The maximum Gasteiger partial charge on any atom is 0.211 e. The zero-order valence-electron chi connectivity index (χ0n) is 13.6. The SMILES string of the molecule is Cn1ccc(-c2nnc(Nc3ccn(Cc4c(Cl)cccc4Cl)n3)s2)n1. The number of benzene rings is 1. The average Bonchev–Trinajstić information content (AvgIpc) is 3.33. The van der Waals surface area contributed by atoms with Gasteiger partial charge in [0, 0.05) is 41.1 Å². The Morgan fingerprint density at radius 2 is 1.85 bits per heavy atom. The molecule has 3 aromatic heterocycles. The third-order valence-corrected chi connectivity index (χ3v) is 5.18. The van der Waals surface area contributed by atoms with Crippen LogP contribution in [0.2, 0.25) is 10.0 Å². The van der Waals surface area contributed by atoms with Crippen LogP contribution in [0.4, 0.5) is 10.9 Å². The quantitative estimate of drug-likeness (QED) is 0.537. The molecule has 0 spiro atoms. The van der Waals surface area contributed by atoms with E-state index in [-0.39, 0.29) is 0 Å². The molecule has 4 rings (SSSR count). The number of nitrogens with one attached hydrogen (secondary N) is 1. The van der Waals surface area contributed by atoms with Crippen LogP contribution in [-0.2, 0) is 13.6 Å². The van der Waals surface area contributed by atoms with E-state index in [2.05, 4.69) is 25.7 Å². The monoisotopic (exact) mass is 405 g/mol. The number of aromatic nitrogens is 6. The van der Waals surface area contributed by atoms with Crippen molar-refractivity contribution >= 4 is 45.5 Å². The molecular weight excluding hydrogens is 393 g/mol. The molecule has 0 saturated heterocycles. The lowest BCUT2D eigenvalue weighted by molar-refractivity contribution is 0.690. The lowest BCUT2D eigenvalue weighted by Crippen LogP contribution is -2.02. The molecule has 10 heteroatoms. The number of hydrogen-bond acceptors (Lipinski definition) is 6. The first-order chi connectivity index (χ1) is 12.6. The summed E-state index contributed by atoms with van der Waals surface area (Å²) in [5.41, 5.74) is 1.62. The standard InChI is InChI=1S/C16H13Cl2N7S/c1-24-7-5-13(22-24)15-20-21-16(26-15)19-14-6-8-25(23-14)9-10-11(17)3-2-4-12(10)18/h2-8H,9H2,1H3,(H,19,21,23). The minimum absolute atomic E-state index is 0.482. The normalized spacial score (nSPS) is 11.0. The Morgan fingerprint density at radius 3 is 2.58 bits per heavy atom. The summed E-state index contributed by atoms with van der Waals surface area (Å²) >= 11 is 13.8. The van der Waals surface area contributed by atoms with Crippen molar-refractivity contribution < 1.29 is 0 Å². The fourth-order valence-electron chi connectivity index (χ4n) is 2.38. The van der Waals surface area contributed by atoms with E-state index in [1.807, 2.05) is 49.8 Å². The summed E-state index contributed by atoms with van der Waals surface area (Å²) in [4.78, 5) is 0. The predicted molar refractivity (Wildman–Crippen MR) is 103 cm³/mol. The Kier molecular flexibility index (Phi) is 4.62. The van der Waals surface area contributed by atoms with Crippen molar-refractivity contribution in [1.29, 1.82) is 0 Å². The van der Waals surface area contributed by atoms with Gasteiger partial charge in [-0.3, -0.25) is 9.36 Å². The molecule has 132 valence electrons. The van der Waals surface area contributed by atoms with Gasteiger partial charge in [0.1, 0.15) is 5.69 Å². The molecule has 0 aliphatic rings. The van der Waals surface area contributed by atoms with E-state index in [9.17, 15) is 0 Å². The minimum atomic E-state index is 0.482. The number of hydrogen-bond donors (Lipinski definition) is 1. The molecule has 1 aromatic carbocycles. The molecule has 0 atom stereocenters. The average molecular weight is 406 g/mol. The van der Waals surface area contributed by atoms with Gasteiger partial charge in [-0.05, 0) is 18.2 Å². The van der Waals surface area contributed by atoms with Crippen molar-refractivity contribution in [2.45, 2.75) is 6.54 Å². The molecule has 1 N–H and O–H groups in total. The van der Waals surface area contributed by atoms with Crippen LogP contribution in [0.15, 0.2) is 42.7 Å². The molecule has 0 bridgehead atoms. The molecule has 0 amide bonds. The molecule has 0 saturated carbocycles. The Labute approximate surface area is 163 Å². The van der Waals surface area contributed by atoms with Crippen LogP contribution in [0.5, 0.6) is 0 Å². The van der Waals surface area contributed by atoms with Gasteiger partial charge in [0.15, 0.2) is 10.8 Å². The Hall–Kier alpha value is -2.42. The van der Waals surface area contributed by atoms with E-state index < -0.39 is 0 Å². The van der Waals surface area contributed by atoms with Gasteiger partial charge in [-0.2, -0.15) is 10.2 Å². The summed E-state index contributed by atoms with van der Waals surface area (Å²) in [7, 11) is 1.86. The van der Waals surface area contributed by atoms with Crippen molar-refractivity contribution in [3.8, 4) is 10.7 Å². The first kappa shape index (κ1) is 17.0. The number of halogens is 2. The van der Waals surface area contributed by atoms with E-state index in [0.717, 1.165) is 16.3 Å². The third-order valence-electron chi connectivity index (χ3n) is 3.62. The van der Waals surface area contributed by atoms with Gasteiger partial charge in [-0.25, -0.2) is 0 Å². The van der Waals surface area contributed by atoms with Gasteiger partial charge in [-0.1, -0.05) is 40.6 Å². The molecule has 0 unspecified atom stereocenters. The summed E-state index contributed by atoms with van der Waals surface area (Å²) < 4.78 is 3.49. The highest BCUT2D eigenvalue weighted by atomic mass is 35.5. The Balaban J connectivity index is 1.48. The molecule has 0 radical (unpaired) electrons. The second kappa shape index (κ2) is 7.06. The molecule has 26 heavy (non-hydrogen) atoms. The molecule has 0 aliphatic heterocycles. The predicted octanol–water partition coefficient (Wildman–Crippen LogP) is 4.23. The number of aryl methyl sites for hydroxylation is 1. The van der Waals surface area contributed by atoms with Crippen LogP contribution in [0.1, 0.15) is 5.56 Å². The smallest absolute Gasteiger partial charge is 0.211 e. The fraction of sp³-hybridized carbons (Fsp3) is 0.125. The van der Waals surface area contributed by atoms with Crippen molar-refractivity contribution in [1.82, 2.24) is 29.8 Å². The Morgan fingerprint density at radius 1 is 1.04 bits per heavy atom. The molecule has 7 nitrogen and oxygen atoms in total. The van der Waals surface area contributed by atoms with E-state index >= 15 is 0 Å². The number of anilines is 2. The van der Waals surface area contributed by atoms with Gasteiger partial charge in [0.25, 0.3) is 0 Å². The second-order valence-electron chi connectivity index (χ2n) is 5.51. The summed E-state index contributed by atoms with van der Waals surface area (Å²) in [6, 6.07) is 9.19. The highest BCUT2D eigenvalue weighted by Crippen LogP contribution is 2.27. The van der Waals surface area contributed by atoms with Gasteiger partial charge in [-0.15, -0.1) is 10.2 Å². The van der Waals surface area contributed by atoms with Crippen molar-refractivity contribution in [2.75, 3.05) is 5.32 Å². The van der Waals surface area contributed by atoms with Crippen LogP contribution in [-0.4, -0.2) is 29.8 Å². The summed E-state index contributed by atoms with van der Waals surface area (Å²) in [6.07, 6.45) is 3.72. The summed E-state index contributed by atoms with van der Waals surface area (Å²) in [6.45, 7) is 0.482. The lowest BCUT2D eigenvalue weighted by atomic mass is 10.2. The van der Waals surface area contributed by atoms with Crippen LogP contribution >= 0.6 is 34.5 Å². The van der Waals surface area contributed by atoms with E-state index in [1.165, 1.54) is 11.3 Å². The van der Waals surface area contributed by atoms with E-state index in [1.54, 1.807) is 9.36 Å². The van der Waals surface area contributed by atoms with E-state index in [4.69, 9.17) is 23.2 Å². The zero-order valence-corrected chi connectivity index (χ0v) is 15.9. The maximum atomic E-state index is 6.21. The molecular formula is C16H13Cl2N7S. The van der Waals surface area contributed by atoms with Gasteiger partial charge in [0.2, 0.25) is 5.13 Å². The van der Waals surface area contributed by atoms with E-state index in [0.29, 0.717) is 27.5 Å². The highest BCUT2D eigenvalue weighted by molar-refractivity contribution is 7.18. The maximum absolute atomic E-state index is 6.21. The van der Waals surface area contributed by atoms with Gasteiger partial charge < -0.3 is 5.32 Å². The minimum Gasteiger partial charge on any atom is -0.313 e. The van der Waals surface area contributed by atoms with Crippen molar-refractivity contribution in [2.24, 2.45) is 7.05 Å². The first-order valence-corrected chi connectivity index (χ1v) is 9.22. The number of nitrogens with zero attached hydrogens (tertiary/aromatic N) is 6. The second-order valence-corrected chi connectivity index (χ2v) is 7.30. The highest BCUT2D eigenvalue weighted by Gasteiger charge is 2.11. The summed E-state index contributed by atoms with van der Waals surface area (Å²) in [5, 5.41) is 22.9. The molecule has 0 aliphatic carbocycles. The largest absolute Gasteiger partial charge is 0.313 e. The number of rotatable bonds is 5. The summed E-state index contributed by atoms with van der Waals surface area (Å²) in [5.74, 6) is 0.664.